The fraction of sp³-hybridized carbons (Fsp3) is 0.379. The molecule has 2 heterocycles. The lowest BCUT2D eigenvalue weighted by atomic mass is 9.91. The van der Waals surface area contributed by atoms with Gasteiger partial charge in [-0.25, -0.2) is 0 Å². The monoisotopic (exact) mass is 472 g/mol. The van der Waals surface area contributed by atoms with Crippen molar-refractivity contribution >= 4 is 22.6 Å². The Kier molecular flexibility index (Phi) is 6.58. The summed E-state index contributed by atoms with van der Waals surface area (Å²) in [5.74, 6) is 0.676. The molecule has 1 N–H and O–H groups in total. The van der Waals surface area contributed by atoms with Gasteiger partial charge in [0, 0.05) is 29.6 Å². The number of nitrogens with zero attached hydrogens (tertiary/aromatic N) is 2. The quantitative estimate of drug-likeness (QED) is 0.522. The maximum atomic E-state index is 13.2. The second-order valence-corrected chi connectivity index (χ2v) is 9.91. The van der Waals surface area contributed by atoms with Crippen LogP contribution in [0, 0.1) is 19.8 Å². The predicted molar refractivity (Wildman–Crippen MR) is 136 cm³/mol. The number of aryl methyl sites for hydroxylation is 2. The number of rotatable bonds is 7. The topological polar surface area (TPSA) is 70.1 Å². The van der Waals surface area contributed by atoms with Gasteiger partial charge in [0.1, 0.15) is 18.5 Å². The first-order valence-corrected chi connectivity index (χ1v) is 12.4. The molecule has 6 nitrogen and oxygen atoms in total. The Morgan fingerprint density at radius 3 is 2.26 bits per heavy atom. The molecule has 35 heavy (non-hydrogen) atoms. The molecular weight excluding hydrogens is 440 g/mol. The van der Waals surface area contributed by atoms with Gasteiger partial charge in [-0.2, -0.15) is 0 Å². The summed E-state index contributed by atoms with van der Waals surface area (Å²) in [6.07, 6.45) is 1.19. The Hall–Kier alpha value is -3.22. The largest absolute Gasteiger partial charge is 0.491 e. The van der Waals surface area contributed by atoms with Crippen LogP contribution < -0.4 is 4.74 Å². The molecule has 0 radical (unpaired) electrons. The van der Waals surface area contributed by atoms with Gasteiger partial charge in [0.25, 0.3) is 11.8 Å². The molecule has 2 aliphatic rings. The SMILES string of the molecule is Cc1ccc(OC[C@H](O)CN2CCC(CN3C(=O)c4cccc5cccc(c45)C3=O)CC2)c(C)c1. The maximum Gasteiger partial charge on any atom is 0.261 e. The number of likely N-dealkylation sites (tertiary alicyclic amines) is 1. The highest BCUT2D eigenvalue weighted by atomic mass is 16.5. The third-order valence-electron chi connectivity index (χ3n) is 7.23. The number of amides is 2. The number of hydrogen-bond donors (Lipinski definition) is 1. The fourth-order valence-corrected chi connectivity index (χ4v) is 5.35. The Labute approximate surface area is 206 Å². The van der Waals surface area contributed by atoms with E-state index in [0.717, 1.165) is 48.0 Å². The maximum absolute atomic E-state index is 13.2. The number of carbonyl (C=O) groups excluding carboxylic acids is 2. The van der Waals surface area contributed by atoms with Gasteiger partial charge in [-0.1, -0.05) is 42.0 Å². The second kappa shape index (κ2) is 9.80. The molecule has 0 aliphatic carbocycles. The van der Waals surface area contributed by atoms with E-state index in [2.05, 4.69) is 11.0 Å². The lowest BCUT2D eigenvalue weighted by Gasteiger charge is -2.36. The van der Waals surface area contributed by atoms with E-state index < -0.39 is 6.10 Å². The number of imide groups is 1. The van der Waals surface area contributed by atoms with Gasteiger partial charge in [-0.05, 0) is 74.8 Å². The second-order valence-electron chi connectivity index (χ2n) is 9.91. The van der Waals surface area contributed by atoms with Gasteiger partial charge in [0.05, 0.1) is 0 Å². The summed E-state index contributed by atoms with van der Waals surface area (Å²) in [6.45, 7) is 6.96. The minimum absolute atomic E-state index is 0.194. The fourth-order valence-electron chi connectivity index (χ4n) is 5.35. The summed E-state index contributed by atoms with van der Waals surface area (Å²) in [6, 6.07) is 17.3. The summed E-state index contributed by atoms with van der Waals surface area (Å²) in [5, 5.41) is 12.2. The minimum atomic E-state index is -0.575. The number of aliphatic hydroxyl groups is 1. The van der Waals surface area contributed by atoms with Crippen molar-refractivity contribution in [1.29, 1.82) is 0 Å². The lowest BCUT2D eigenvalue weighted by Crippen LogP contribution is -2.46. The Bertz CT molecular complexity index is 1210. The third-order valence-corrected chi connectivity index (χ3v) is 7.23. The van der Waals surface area contributed by atoms with E-state index in [0.29, 0.717) is 24.2 Å². The number of aliphatic hydroxyl groups excluding tert-OH is 1. The van der Waals surface area contributed by atoms with Crippen LogP contribution in [-0.2, 0) is 0 Å². The zero-order valence-corrected chi connectivity index (χ0v) is 20.4. The van der Waals surface area contributed by atoms with Crippen molar-refractivity contribution in [3.63, 3.8) is 0 Å². The average Bonchev–Trinajstić information content (AvgIpc) is 2.85. The van der Waals surface area contributed by atoms with E-state index in [1.807, 2.05) is 62.4 Å². The van der Waals surface area contributed by atoms with Gasteiger partial charge < -0.3 is 14.7 Å². The predicted octanol–water partition coefficient (Wildman–Crippen LogP) is 4.20. The summed E-state index contributed by atoms with van der Waals surface area (Å²) >= 11 is 0. The molecule has 0 saturated carbocycles. The highest BCUT2D eigenvalue weighted by Crippen LogP contribution is 2.31. The van der Waals surface area contributed by atoms with Crippen molar-refractivity contribution in [3.8, 4) is 5.75 Å². The van der Waals surface area contributed by atoms with Crippen molar-refractivity contribution in [2.24, 2.45) is 5.92 Å². The van der Waals surface area contributed by atoms with Crippen LogP contribution in [0.2, 0.25) is 0 Å². The molecule has 0 unspecified atom stereocenters. The van der Waals surface area contributed by atoms with Crippen LogP contribution in [0.4, 0.5) is 0 Å². The van der Waals surface area contributed by atoms with E-state index in [4.69, 9.17) is 4.74 Å². The molecule has 5 rings (SSSR count). The number of benzene rings is 3. The van der Waals surface area contributed by atoms with Crippen LogP contribution in [0.3, 0.4) is 0 Å². The Morgan fingerprint density at radius 1 is 0.971 bits per heavy atom. The number of ether oxygens (including phenoxy) is 1. The van der Waals surface area contributed by atoms with Crippen molar-refractivity contribution in [1.82, 2.24) is 9.80 Å². The van der Waals surface area contributed by atoms with E-state index in [1.54, 1.807) is 0 Å². The number of hydrogen-bond acceptors (Lipinski definition) is 5. The molecule has 1 saturated heterocycles. The summed E-state index contributed by atoms with van der Waals surface area (Å²) in [4.78, 5) is 30.0. The third kappa shape index (κ3) is 4.81. The Morgan fingerprint density at radius 2 is 1.63 bits per heavy atom. The smallest absolute Gasteiger partial charge is 0.261 e. The van der Waals surface area contributed by atoms with E-state index in [9.17, 15) is 14.7 Å². The van der Waals surface area contributed by atoms with Crippen molar-refractivity contribution in [3.05, 3.63) is 76.9 Å². The lowest BCUT2D eigenvalue weighted by molar-refractivity contribution is 0.0452. The molecule has 2 amide bonds. The van der Waals surface area contributed by atoms with Crippen molar-refractivity contribution in [2.75, 3.05) is 32.8 Å². The van der Waals surface area contributed by atoms with Crippen LogP contribution in [0.5, 0.6) is 5.75 Å². The highest BCUT2D eigenvalue weighted by Gasteiger charge is 2.34. The van der Waals surface area contributed by atoms with Crippen LogP contribution in [0.15, 0.2) is 54.6 Å². The molecule has 0 aromatic heterocycles. The first-order valence-electron chi connectivity index (χ1n) is 12.4. The average molecular weight is 473 g/mol. The molecule has 3 aromatic rings. The zero-order valence-electron chi connectivity index (χ0n) is 20.4. The molecule has 1 atom stereocenters. The van der Waals surface area contributed by atoms with Crippen LogP contribution in [0.25, 0.3) is 10.8 Å². The normalized spacial score (nSPS) is 17.7. The molecule has 3 aromatic carbocycles. The van der Waals surface area contributed by atoms with E-state index in [1.165, 1.54) is 10.5 Å². The number of β-amino-alcohol motifs (C(OH)–C–C–N with tert-alkyl or cyclic N) is 1. The van der Waals surface area contributed by atoms with Gasteiger partial charge in [0.15, 0.2) is 0 Å². The first-order chi connectivity index (χ1) is 16.9. The standard InChI is InChI=1S/C29H32N2O4/c1-19-9-10-26(20(2)15-19)35-18-23(32)17-30-13-11-21(12-14-30)16-31-28(33)24-7-3-5-22-6-4-8-25(27(22)24)29(31)34/h3-10,15,21,23,32H,11-14,16-18H2,1-2H3/t23-/m1/s1. The highest BCUT2D eigenvalue weighted by molar-refractivity contribution is 6.25. The molecule has 2 aliphatic heterocycles. The van der Waals surface area contributed by atoms with Gasteiger partial charge >= 0.3 is 0 Å². The summed E-state index contributed by atoms with van der Waals surface area (Å²) in [7, 11) is 0. The van der Waals surface area contributed by atoms with Gasteiger partial charge in [-0.15, -0.1) is 0 Å². The van der Waals surface area contributed by atoms with Crippen molar-refractivity contribution in [2.45, 2.75) is 32.8 Å². The minimum Gasteiger partial charge on any atom is -0.491 e. The number of piperidine rings is 1. The van der Waals surface area contributed by atoms with Crippen molar-refractivity contribution < 1.29 is 19.4 Å². The van der Waals surface area contributed by atoms with Gasteiger partial charge in [0.2, 0.25) is 0 Å². The van der Waals surface area contributed by atoms with Crippen LogP contribution >= 0.6 is 0 Å². The Balaban J connectivity index is 1.14. The summed E-state index contributed by atoms with van der Waals surface area (Å²) in [5.41, 5.74) is 3.48. The van der Waals surface area contributed by atoms with E-state index >= 15 is 0 Å². The van der Waals surface area contributed by atoms with Gasteiger partial charge in [-0.3, -0.25) is 14.5 Å². The van der Waals surface area contributed by atoms with Crippen LogP contribution in [-0.4, -0.2) is 65.6 Å². The molecule has 0 spiro atoms. The molecular formula is C29H32N2O4. The zero-order chi connectivity index (χ0) is 24.5. The molecule has 1 fully saturated rings. The first kappa shape index (κ1) is 23.5. The molecule has 0 bridgehead atoms. The summed E-state index contributed by atoms with van der Waals surface area (Å²) < 4.78 is 5.83. The molecule has 6 heteroatoms. The number of carbonyl (C=O) groups is 2. The van der Waals surface area contributed by atoms with E-state index in [-0.39, 0.29) is 24.3 Å². The van der Waals surface area contributed by atoms with Crippen LogP contribution in [0.1, 0.15) is 44.7 Å². The molecule has 182 valence electrons.